The molecular formula is C14H16N6O3. The van der Waals surface area contributed by atoms with Gasteiger partial charge in [0.05, 0.1) is 4.92 Å². The molecule has 0 bridgehead atoms. The maximum atomic E-state index is 12.1. The highest BCUT2D eigenvalue weighted by atomic mass is 16.6. The average molecular weight is 316 g/mol. The van der Waals surface area contributed by atoms with Crippen LogP contribution in [-0.4, -0.2) is 38.6 Å². The Labute approximate surface area is 131 Å². The van der Waals surface area contributed by atoms with Crippen LogP contribution in [0.2, 0.25) is 0 Å². The molecule has 9 heteroatoms. The van der Waals surface area contributed by atoms with Crippen molar-refractivity contribution in [3.63, 3.8) is 0 Å². The lowest BCUT2D eigenvalue weighted by molar-refractivity contribution is -0.385. The molecule has 0 amide bonds. The van der Waals surface area contributed by atoms with Crippen molar-refractivity contribution in [1.82, 2.24) is 14.5 Å². The molecule has 0 aromatic carbocycles. The molecule has 0 spiro atoms. The van der Waals surface area contributed by atoms with E-state index < -0.39 is 4.92 Å². The lowest BCUT2D eigenvalue weighted by Gasteiger charge is -2.17. The molecule has 3 rings (SSSR count). The number of anilines is 2. The number of nitrogens with one attached hydrogen (secondary N) is 1. The fourth-order valence-electron chi connectivity index (χ4n) is 2.56. The summed E-state index contributed by atoms with van der Waals surface area (Å²) >= 11 is 0. The zero-order valence-corrected chi connectivity index (χ0v) is 12.5. The standard InChI is InChI=1S/C14H16N6O3/c1-18-7-5-15-13(14(18)21)19-6-4-10(9-19)17-12-3-2-11(8-16-12)20(22)23/h2-3,5,7-8,10H,4,6,9H2,1H3,(H,16,17)/t10-/m0/s1. The highest BCUT2D eigenvalue weighted by Gasteiger charge is 2.25. The second-order valence-electron chi connectivity index (χ2n) is 5.40. The number of hydrogen-bond acceptors (Lipinski definition) is 7. The maximum absolute atomic E-state index is 12.1. The van der Waals surface area contributed by atoms with Gasteiger partial charge in [0, 0.05) is 44.6 Å². The number of aromatic nitrogens is 3. The summed E-state index contributed by atoms with van der Waals surface area (Å²) < 4.78 is 1.50. The number of hydrogen-bond donors (Lipinski definition) is 1. The lowest BCUT2D eigenvalue weighted by atomic mass is 10.2. The second kappa shape index (κ2) is 6.03. The maximum Gasteiger partial charge on any atom is 0.293 e. The summed E-state index contributed by atoms with van der Waals surface area (Å²) in [7, 11) is 1.69. The van der Waals surface area contributed by atoms with Gasteiger partial charge in [-0.15, -0.1) is 0 Å². The molecule has 1 saturated heterocycles. The van der Waals surface area contributed by atoms with Gasteiger partial charge < -0.3 is 14.8 Å². The summed E-state index contributed by atoms with van der Waals surface area (Å²) in [6, 6.07) is 3.10. The Balaban J connectivity index is 1.67. The molecular weight excluding hydrogens is 300 g/mol. The molecule has 23 heavy (non-hydrogen) atoms. The van der Waals surface area contributed by atoms with Crippen LogP contribution in [0, 0.1) is 10.1 Å². The van der Waals surface area contributed by atoms with E-state index in [9.17, 15) is 14.9 Å². The van der Waals surface area contributed by atoms with E-state index in [1.54, 1.807) is 25.5 Å². The fraction of sp³-hybridized carbons (Fsp3) is 0.357. The first-order valence-corrected chi connectivity index (χ1v) is 7.18. The van der Waals surface area contributed by atoms with Crippen molar-refractivity contribution in [2.45, 2.75) is 12.5 Å². The Morgan fingerprint density at radius 3 is 2.91 bits per heavy atom. The van der Waals surface area contributed by atoms with Crippen molar-refractivity contribution in [3.8, 4) is 0 Å². The molecule has 1 aliphatic heterocycles. The normalized spacial score (nSPS) is 17.3. The molecule has 120 valence electrons. The van der Waals surface area contributed by atoms with Gasteiger partial charge >= 0.3 is 0 Å². The number of nitro groups is 1. The van der Waals surface area contributed by atoms with Gasteiger partial charge in [-0.25, -0.2) is 9.97 Å². The molecule has 2 aromatic heterocycles. The van der Waals surface area contributed by atoms with Gasteiger partial charge in [-0.3, -0.25) is 14.9 Å². The summed E-state index contributed by atoms with van der Waals surface area (Å²) in [4.78, 5) is 32.4. The highest BCUT2D eigenvalue weighted by molar-refractivity contribution is 5.44. The molecule has 9 nitrogen and oxygen atoms in total. The quantitative estimate of drug-likeness (QED) is 0.656. The van der Waals surface area contributed by atoms with Crippen molar-refractivity contribution in [1.29, 1.82) is 0 Å². The predicted molar refractivity (Wildman–Crippen MR) is 84.6 cm³/mol. The molecule has 2 aromatic rings. The Hall–Kier alpha value is -2.97. The van der Waals surface area contributed by atoms with E-state index in [-0.39, 0.29) is 17.3 Å². The number of rotatable bonds is 4. The van der Waals surface area contributed by atoms with E-state index in [0.29, 0.717) is 18.2 Å². The van der Waals surface area contributed by atoms with Crippen LogP contribution in [0.15, 0.2) is 35.5 Å². The Kier molecular flexibility index (Phi) is 3.92. The Morgan fingerprint density at radius 2 is 2.22 bits per heavy atom. The summed E-state index contributed by atoms with van der Waals surface area (Å²) in [5, 5.41) is 13.8. The van der Waals surface area contributed by atoms with Gasteiger partial charge in [0.2, 0.25) is 0 Å². The number of pyridine rings is 1. The molecule has 1 aliphatic rings. The number of nitrogens with zero attached hydrogens (tertiary/aromatic N) is 5. The highest BCUT2D eigenvalue weighted by Crippen LogP contribution is 2.19. The molecule has 1 fully saturated rings. The molecule has 0 aliphatic carbocycles. The van der Waals surface area contributed by atoms with Gasteiger partial charge in [-0.2, -0.15) is 0 Å². The summed E-state index contributed by atoms with van der Waals surface area (Å²) in [5.74, 6) is 1.02. The van der Waals surface area contributed by atoms with Gasteiger partial charge in [-0.05, 0) is 12.5 Å². The minimum absolute atomic E-state index is 0.0411. The minimum Gasteiger partial charge on any atom is -0.365 e. The van der Waals surface area contributed by atoms with Crippen LogP contribution in [0.3, 0.4) is 0 Å². The van der Waals surface area contributed by atoms with E-state index in [0.717, 1.165) is 13.0 Å². The van der Waals surface area contributed by atoms with Gasteiger partial charge in [0.1, 0.15) is 12.0 Å². The third kappa shape index (κ3) is 3.12. The molecule has 0 radical (unpaired) electrons. The topological polar surface area (TPSA) is 106 Å². The minimum atomic E-state index is -0.481. The van der Waals surface area contributed by atoms with Gasteiger partial charge in [0.15, 0.2) is 5.82 Å². The summed E-state index contributed by atoms with van der Waals surface area (Å²) in [6.07, 6.45) is 5.29. The SMILES string of the molecule is Cn1ccnc(N2CC[C@H](Nc3ccc([N+](=O)[O-])cn3)C2)c1=O. The first-order chi connectivity index (χ1) is 11.0. The molecule has 1 atom stereocenters. The first-order valence-electron chi connectivity index (χ1n) is 7.18. The van der Waals surface area contributed by atoms with Gasteiger partial charge in [0.25, 0.3) is 11.2 Å². The summed E-state index contributed by atoms with van der Waals surface area (Å²) in [6.45, 7) is 1.35. The van der Waals surface area contributed by atoms with E-state index >= 15 is 0 Å². The van der Waals surface area contributed by atoms with E-state index in [1.165, 1.54) is 16.8 Å². The van der Waals surface area contributed by atoms with Crippen LogP contribution in [0.5, 0.6) is 0 Å². The van der Waals surface area contributed by atoms with Crippen LogP contribution < -0.4 is 15.8 Å². The Morgan fingerprint density at radius 1 is 1.39 bits per heavy atom. The van der Waals surface area contributed by atoms with Gasteiger partial charge in [-0.1, -0.05) is 0 Å². The third-order valence-corrected chi connectivity index (χ3v) is 3.80. The lowest BCUT2D eigenvalue weighted by Crippen LogP contribution is -2.32. The van der Waals surface area contributed by atoms with E-state index in [1.807, 2.05) is 4.90 Å². The third-order valence-electron chi connectivity index (χ3n) is 3.80. The van der Waals surface area contributed by atoms with Crippen molar-refractivity contribution in [2.75, 3.05) is 23.3 Å². The molecule has 0 unspecified atom stereocenters. The van der Waals surface area contributed by atoms with Crippen LogP contribution in [0.1, 0.15) is 6.42 Å². The van der Waals surface area contributed by atoms with Crippen LogP contribution in [-0.2, 0) is 7.05 Å². The zero-order chi connectivity index (χ0) is 16.4. The van der Waals surface area contributed by atoms with Crippen molar-refractivity contribution < 1.29 is 4.92 Å². The zero-order valence-electron chi connectivity index (χ0n) is 12.5. The second-order valence-corrected chi connectivity index (χ2v) is 5.40. The molecule has 3 heterocycles. The van der Waals surface area contributed by atoms with Crippen LogP contribution in [0.4, 0.5) is 17.3 Å². The van der Waals surface area contributed by atoms with E-state index in [4.69, 9.17) is 0 Å². The van der Waals surface area contributed by atoms with Crippen LogP contribution in [0.25, 0.3) is 0 Å². The fourth-order valence-corrected chi connectivity index (χ4v) is 2.56. The molecule has 0 saturated carbocycles. The summed E-state index contributed by atoms with van der Waals surface area (Å²) in [5.41, 5.74) is -0.165. The van der Waals surface area contributed by atoms with E-state index in [2.05, 4.69) is 15.3 Å². The van der Waals surface area contributed by atoms with Crippen molar-refractivity contribution in [2.24, 2.45) is 7.05 Å². The van der Waals surface area contributed by atoms with Crippen LogP contribution >= 0.6 is 0 Å². The van der Waals surface area contributed by atoms with Crippen molar-refractivity contribution >= 4 is 17.3 Å². The largest absolute Gasteiger partial charge is 0.365 e. The smallest absolute Gasteiger partial charge is 0.293 e. The monoisotopic (exact) mass is 316 g/mol. The first kappa shape index (κ1) is 14.9. The van der Waals surface area contributed by atoms with Crippen molar-refractivity contribution in [3.05, 3.63) is 51.2 Å². The predicted octanol–water partition coefficient (Wildman–Crippen LogP) is 0.774. The molecule has 1 N–H and O–H groups in total. The number of aryl methyl sites for hydroxylation is 1. The average Bonchev–Trinajstić information content (AvgIpc) is 2.99. The Bertz CT molecular complexity index is 773.